The van der Waals surface area contributed by atoms with Crippen molar-refractivity contribution in [3.05, 3.63) is 64.6 Å². The number of oxazole rings is 1. The molecule has 2 aromatic carbocycles. The quantitative estimate of drug-likeness (QED) is 0.489. The zero-order valence-electron chi connectivity index (χ0n) is 15.5. The fourth-order valence-electron chi connectivity index (χ4n) is 3.69. The van der Waals surface area contributed by atoms with Crippen molar-refractivity contribution in [1.29, 1.82) is 0 Å². The summed E-state index contributed by atoms with van der Waals surface area (Å²) in [6.45, 7) is 10.3. The lowest BCUT2D eigenvalue weighted by atomic mass is 10.0. The molecule has 0 N–H and O–H groups in total. The lowest BCUT2D eigenvalue weighted by molar-refractivity contribution is 0.355. The second-order valence-corrected chi connectivity index (χ2v) is 6.81. The number of aromatic nitrogens is 3. The van der Waals surface area contributed by atoms with Crippen LogP contribution in [0.25, 0.3) is 28.2 Å². The van der Waals surface area contributed by atoms with Gasteiger partial charge in [0.2, 0.25) is 0 Å². The van der Waals surface area contributed by atoms with Crippen LogP contribution in [0.15, 0.2) is 34.7 Å². The first-order valence-corrected chi connectivity index (χ1v) is 8.56. The Morgan fingerprint density at radius 1 is 0.962 bits per heavy atom. The van der Waals surface area contributed by atoms with Gasteiger partial charge < -0.3 is 4.42 Å². The summed E-state index contributed by atoms with van der Waals surface area (Å²) in [5.74, 6) is 0.744. The summed E-state index contributed by atoms with van der Waals surface area (Å²) in [4.78, 5) is 8.72. The van der Waals surface area contributed by atoms with Crippen LogP contribution in [0.2, 0.25) is 0 Å². The number of aryl methyl sites for hydroxylation is 4. The minimum absolute atomic E-state index is 0.419. The Bertz CT molecular complexity index is 1130. The van der Waals surface area contributed by atoms with E-state index in [0.29, 0.717) is 11.1 Å². The van der Waals surface area contributed by atoms with Crippen LogP contribution in [0, 0.1) is 40.8 Å². The monoisotopic (exact) mass is 349 g/mol. The molecule has 0 aliphatic carbocycles. The SMILES string of the molecule is Cc1cc(C)c(-n2c(-c3cccc4oc(F)nc34)nc(C)c2C)c(C)c1. The molecule has 0 aliphatic rings. The summed E-state index contributed by atoms with van der Waals surface area (Å²) >= 11 is 0. The Morgan fingerprint density at radius 2 is 1.65 bits per heavy atom. The Labute approximate surface area is 151 Å². The Kier molecular flexibility index (Phi) is 3.68. The van der Waals surface area contributed by atoms with Gasteiger partial charge in [-0.3, -0.25) is 4.57 Å². The lowest BCUT2D eigenvalue weighted by Gasteiger charge is -2.17. The van der Waals surface area contributed by atoms with Gasteiger partial charge >= 0.3 is 6.14 Å². The molecule has 2 aromatic heterocycles. The van der Waals surface area contributed by atoms with Crippen molar-refractivity contribution in [2.45, 2.75) is 34.6 Å². The average Bonchev–Trinajstić information content (AvgIpc) is 3.07. The van der Waals surface area contributed by atoms with Gasteiger partial charge in [0, 0.05) is 11.3 Å². The molecule has 0 amide bonds. The van der Waals surface area contributed by atoms with E-state index in [0.717, 1.165) is 28.5 Å². The Hall–Kier alpha value is -2.95. The number of imidazole rings is 1. The minimum atomic E-state index is -0.832. The van der Waals surface area contributed by atoms with Gasteiger partial charge in [-0.25, -0.2) is 4.98 Å². The molecule has 0 fully saturated rings. The molecule has 4 nitrogen and oxygen atoms in total. The molecular weight excluding hydrogens is 329 g/mol. The van der Waals surface area contributed by atoms with E-state index in [1.54, 1.807) is 6.07 Å². The van der Waals surface area contributed by atoms with Crippen molar-refractivity contribution in [3.8, 4) is 17.1 Å². The summed E-state index contributed by atoms with van der Waals surface area (Å²) in [7, 11) is 0. The zero-order valence-corrected chi connectivity index (χ0v) is 15.5. The second kappa shape index (κ2) is 5.80. The van der Waals surface area contributed by atoms with Gasteiger partial charge in [0.25, 0.3) is 0 Å². The van der Waals surface area contributed by atoms with E-state index in [2.05, 4.69) is 42.5 Å². The molecule has 0 radical (unpaired) electrons. The molecule has 0 atom stereocenters. The van der Waals surface area contributed by atoms with Gasteiger partial charge in [-0.1, -0.05) is 23.8 Å². The van der Waals surface area contributed by atoms with Gasteiger partial charge in [-0.15, -0.1) is 4.39 Å². The topological polar surface area (TPSA) is 43.9 Å². The summed E-state index contributed by atoms with van der Waals surface area (Å²) in [5.41, 5.74) is 8.30. The zero-order chi connectivity index (χ0) is 18.6. The Morgan fingerprint density at radius 3 is 2.35 bits per heavy atom. The molecule has 4 rings (SSSR count). The van der Waals surface area contributed by atoms with Crippen LogP contribution in [0.4, 0.5) is 4.39 Å². The first-order valence-electron chi connectivity index (χ1n) is 8.56. The minimum Gasteiger partial charge on any atom is -0.415 e. The molecule has 0 saturated heterocycles. The number of halogens is 1. The molecule has 26 heavy (non-hydrogen) atoms. The van der Waals surface area contributed by atoms with E-state index in [4.69, 9.17) is 9.40 Å². The molecule has 0 bridgehead atoms. The van der Waals surface area contributed by atoms with Crippen LogP contribution in [-0.4, -0.2) is 14.5 Å². The predicted octanol–water partition coefficient (Wildman–Crippen LogP) is 5.36. The maximum atomic E-state index is 13.6. The van der Waals surface area contributed by atoms with Crippen molar-refractivity contribution < 1.29 is 8.81 Å². The van der Waals surface area contributed by atoms with E-state index in [-0.39, 0.29) is 0 Å². The average molecular weight is 349 g/mol. The van der Waals surface area contributed by atoms with Crippen LogP contribution in [0.3, 0.4) is 0 Å². The summed E-state index contributed by atoms with van der Waals surface area (Å²) < 4.78 is 20.8. The molecule has 0 unspecified atom stereocenters. The number of benzene rings is 2. The lowest BCUT2D eigenvalue weighted by Crippen LogP contribution is -2.05. The highest BCUT2D eigenvalue weighted by atomic mass is 19.1. The molecule has 4 aromatic rings. The van der Waals surface area contributed by atoms with Crippen molar-refractivity contribution in [2.75, 3.05) is 0 Å². The standard InChI is InChI=1S/C21H20FN3O/c1-11-9-12(2)19(13(3)10-11)25-15(5)14(4)23-20(25)16-7-6-8-17-18(16)24-21(22)26-17/h6-10H,1-5H3. The van der Waals surface area contributed by atoms with Gasteiger partial charge in [-0.05, 0) is 57.9 Å². The van der Waals surface area contributed by atoms with Crippen molar-refractivity contribution in [2.24, 2.45) is 0 Å². The van der Waals surface area contributed by atoms with Crippen LogP contribution >= 0.6 is 0 Å². The van der Waals surface area contributed by atoms with E-state index in [1.807, 2.05) is 26.0 Å². The number of para-hydroxylation sites is 1. The normalized spacial score (nSPS) is 11.5. The first-order chi connectivity index (χ1) is 12.4. The third-order valence-corrected chi connectivity index (χ3v) is 4.84. The molecule has 2 heterocycles. The molecule has 0 saturated carbocycles. The van der Waals surface area contributed by atoms with Gasteiger partial charge in [0.05, 0.1) is 11.4 Å². The van der Waals surface area contributed by atoms with Crippen molar-refractivity contribution in [3.63, 3.8) is 0 Å². The first kappa shape index (κ1) is 16.5. The van der Waals surface area contributed by atoms with Gasteiger partial charge in [0.15, 0.2) is 5.58 Å². The highest BCUT2D eigenvalue weighted by molar-refractivity contribution is 5.89. The molecule has 5 heteroatoms. The molecular formula is C21H20FN3O. The van der Waals surface area contributed by atoms with Crippen LogP contribution in [-0.2, 0) is 0 Å². The van der Waals surface area contributed by atoms with E-state index in [1.165, 1.54) is 16.7 Å². The number of rotatable bonds is 2. The van der Waals surface area contributed by atoms with E-state index < -0.39 is 6.14 Å². The third-order valence-electron chi connectivity index (χ3n) is 4.84. The van der Waals surface area contributed by atoms with Crippen LogP contribution in [0.1, 0.15) is 28.1 Å². The van der Waals surface area contributed by atoms with E-state index >= 15 is 0 Å². The number of fused-ring (bicyclic) bond motifs is 1. The number of hydrogen-bond donors (Lipinski definition) is 0. The fourth-order valence-corrected chi connectivity index (χ4v) is 3.69. The number of hydrogen-bond acceptors (Lipinski definition) is 3. The van der Waals surface area contributed by atoms with E-state index in [9.17, 15) is 4.39 Å². The third kappa shape index (κ3) is 2.43. The maximum absolute atomic E-state index is 13.6. The molecule has 0 spiro atoms. The summed E-state index contributed by atoms with van der Waals surface area (Å²) in [5, 5.41) is 0. The maximum Gasteiger partial charge on any atom is 0.382 e. The van der Waals surface area contributed by atoms with Gasteiger partial charge in [0.1, 0.15) is 11.3 Å². The second-order valence-electron chi connectivity index (χ2n) is 6.81. The van der Waals surface area contributed by atoms with Gasteiger partial charge in [-0.2, -0.15) is 4.98 Å². The highest BCUT2D eigenvalue weighted by Crippen LogP contribution is 2.33. The van der Waals surface area contributed by atoms with Crippen molar-refractivity contribution >= 4 is 11.1 Å². The summed E-state index contributed by atoms with van der Waals surface area (Å²) in [6, 6.07) is 9.78. The highest BCUT2D eigenvalue weighted by Gasteiger charge is 2.21. The molecule has 0 aliphatic heterocycles. The Balaban J connectivity index is 2.08. The number of nitrogens with zero attached hydrogens (tertiary/aromatic N) is 3. The smallest absolute Gasteiger partial charge is 0.382 e. The summed E-state index contributed by atoms with van der Waals surface area (Å²) in [6.07, 6.45) is -0.832. The molecule has 132 valence electrons. The largest absolute Gasteiger partial charge is 0.415 e. The van der Waals surface area contributed by atoms with Crippen LogP contribution in [0.5, 0.6) is 0 Å². The predicted molar refractivity (Wildman–Crippen MR) is 100 cm³/mol. The van der Waals surface area contributed by atoms with Crippen molar-refractivity contribution in [1.82, 2.24) is 14.5 Å². The van der Waals surface area contributed by atoms with Crippen LogP contribution < -0.4 is 0 Å². The fraction of sp³-hybridized carbons (Fsp3) is 0.238.